The number of nitrogens with one attached hydrogen (secondary N) is 3. The Morgan fingerprint density at radius 1 is 1.54 bits per heavy atom. The molecule has 1 aliphatic heterocycles. The molecule has 1 heterocycles. The van der Waals surface area contributed by atoms with Gasteiger partial charge >= 0.3 is 5.97 Å². The van der Waals surface area contributed by atoms with Gasteiger partial charge in [-0.2, -0.15) is 0 Å². The maximum absolute atomic E-state index is 12.6. The molecule has 0 bridgehead atoms. The van der Waals surface area contributed by atoms with Gasteiger partial charge in [-0.05, 0) is 25.5 Å². The van der Waals surface area contributed by atoms with Crippen LogP contribution in [0.4, 0.5) is 11.4 Å². The Labute approximate surface area is 158 Å². The molecule has 0 aliphatic carbocycles. The largest absolute Gasteiger partial charge is 0.465 e. The predicted octanol–water partition coefficient (Wildman–Crippen LogP) is 0.0427. The van der Waals surface area contributed by atoms with Crippen LogP contribution < -0.4 is 20.5 Å². The number of anilines is 2. The summed E-state index contributed by atoms with van der Waals surface area (Å²) in [6.45, 7) is 2.15. The predicted molar refractivity (Wildman–Crippen MR) is 97.4 cm³/mol. The number of hydrogen-bond acceptors (Lipinski definition) is 7. The molecule has 1 aromatic carbocycles. The van der Waals surface area contributed by atoms with Crippen LogP contribution in [0.15, 0.2) is 17.0 Å². The van der Waals surface area contributed by atoms with Crippen molar-refractivity contribution in [2.75, 3.05) is 23.6 Å². The van der Waals surface area contributed by atoms with Crippen molar-refractivity contribution in [3.63, 3.8) is 0 Å². The molecule has 3 atom stereocenters. The number of hydrogen-bond donors (Lipinski definition) is 5. The van der Waals surface area contributed by atoms with Gasteiger partial charge in [-0.15, -0.1) is 0 Å². The smallest absolute Gasteiger partial charge is 0.323 e. The number of rotatable bonds is 7. The lowest BCUT2D eigenvalue weighted by atomic mass is 10.2. The molecule has 2 unspecified atom stereocenters. The third kappa shape index (κ3) is 5.05. The highest BCUT2D eigenvalue weighted by molar-refractivity contribution is 7.89. The van der Waals surface area contributed by atoms with Crippen LogP contribution in [0.1, 0.15) is 13.3 Å². The van der Waals surface area contributed by atoms with Gasteiger partial charge in [0, 0.05) is 12.6 Å². The number of benzene rings is 1. The molecular weight excluding hydrogens is 408 g/mol. The Bertz CT molecular complexity index is 819. The van der Waals surface area contributed by atoms with Crippen molar-refractivity contribution in [3.8, 4) is 0 Å². The zero-order valence-electron chi connectivity index (χ0n) is 13.7. The fourth-order valence-corrected chi connectivity index (χ4v) is 4.66. The molecule has 26 heavy (non-hydrogen) atoms. The fraction of sp³-hybridized carbons (Fsp3) is 0.462. The second-order valence-corrected chi connectivity index (χ2v) is 8.28. The molecular formula is C13H19ClN4O6S2. The van der Waals surface area contributed by atoms with Crippen molar-refractivity contribution >= 4 is 50.2 Å². The second kappa shape index (κ2) is 8.50. The lowest BCUT2D eigenvalue weighted by Crippen LogP contribution is -2.36. The summed E-state index contributed by atoms with van der Waals surface area (Å²) in [6.07, 6.45) is 0.219. The minimum Gasteiger partial charge on any atom is -0.465 e. The van der Waals surface area contributed by atoms with E-state index in [4.69, 9.17) is 26.6 Å². The van der Waals surface area contributed by atoms with Crippen LogP contribution in [-0.4, -0.2) is 48.4 Å². The van der Waals surface area contributed by atoms with Gasteiger partial charge in [-0.3, -0.25) is 14.1 Å². The fourth-order valence-electron chi connectivity index (χ4n) is 2.49. The molecule has 1 aliphatic rings. The summed E-state index contributed by atoms with van der Waals surface area (Å²) in [5.41, 5.74) is 5.62. The minimum atomic E-state index is -4.06. The van der Waals surface area contributed by atoms with Crippen molar-refractivity contribution in [2.45, 2.75) is 30.3 Å². The molecule has 2 rings (SSSR count). The van der Waals surface area contributed by atoms with Gasteiger partial charge in [0.1, 0.15) is 10.9 Å². The molecule has 13 heteroatoms. The average molecular weight is 427 g/mol. The first-order chi connectivity index (χ1) is 12.1. The lowest BCUT2D eigenvalue weighted by molar-refractivity contribution is -0.145. The van der Waals surface area contributed by atoms with E-state index in [1.54, 1.807) is 6.92 Å². The van der Waals surface area contributed by atoms with Gasteiger partial charge in [-0.1, -0.05) is 11.6 Å². The first kappa shape index (κ1) is 20.9. The Hall–Kier alpha value is -1.44. The van der Waals surface area contributed by atoms with Gasteiger partial charge in [0.15, 0.2) is 0 Å². The van der Waals surface area contributed by atoms with Crippen LogP contribution in [0.2, 0.25) is 5.02 Å². The zero-order valence-corrected chi connectivity index (χ0v) is 16.1. The first-order valence-electron chi connectivity index (χ1n) is 7.53. The lowest BCUT2D eigenvalue weighted by Gasteiger charge is -2.15. The van der Waals surface area contributed by atoms with Crippen LogP contribution in [0.25, 0.3) is 0 Å². The SMILES string of the molecule is CCOC(=O)C1C[C@H](NS(=O)(=O)c2cc(NS(=O)O)c(N)cc2Cl)CN1. The monoisotopic (exact) mass is 426 g/mol. The average Bonchev–Trinajstić information content (AvgIpc) is 2.97. The maximum atomic E-state index is 12.6. The Morgan fingerprint density at radius 3 is 2.85 bits per heavy atom. The van der Waals surface area contributed by atoms with E-state index in [1.165, 1.54) is 6.07 Å². The van der Waals surface area contributed by atoms with Crippen LogP contribution in [0, 0.1) is 0 Å². The summed E-state index contributed by atoms with van der Waals surface area (Å²) in [5, 5.41) is 2.74. The van der Waals surface area contributed by atoms with Gasteiger partial charge in [0.25, 0.3) is 11.3 Å². The van der Waals surface area contributed by atoms with Crippen molar-refractivity contribution < 1.29 is 26.7 Å². The Morgan fingerprint density at radius 2 is 2.23 bits per heavy atom. The van der Waals surface area contributed by atoms with Crippen LogP contribution in [0.5, 0.6) is 0 Å². The molecule has 1 aromatic rings. The van der Waals surface area contributed by atoms with Crippen molar-refractivity contribution in [1.29, 1.82) is 0 Å². The molecule has 10 nitrogen and oxygen atoms in total. The molecule has 0 aromatic heterocycles. The summed E-state index contributed by atoms with van der Waals surface area (Å²) >= 11 is 3.54. The maximum Gasteiger partial charge on any atom is 0.323 e. The highest BCUT2D eigenvalue weighted by Crippen LogP contribution is 2.31. The summed E-state index contributed by atoms with van der Waals surface area (Å²) in [7, 11) is -4.06. The van der Waals surface area contributed by atoms with Gasteiger partial charge in [-0.25, -0.2) is 17.3 Å². The number of sulfonamides is 1. The number of nitrogens with two attached hydrogens (primary N) is 1. The summed E-state index contributed by atoms with van der Waals surface area (Å²) < 4.78 is 54.5. The van der Waals surface area contributed by atoms with Gasteiger partial charge in [0.2, 0.25) is 10.0 Å². The number of carbonyl (C=O) groups is 1. The number of esters is 1. The van der Waals surface area contributed by atoms with Gasteiger partial charge in [0.05, 0.1) is 23.0 Å². The van der Waals surface area contributed by atoms with E-state index in [9.17, 15) is 17.4 Å². The normalized spacial score (nSPS) is 21.3. The molecule has 1 fully saturated rings. The Kier molecular flexibility index (Phi) is 6.82. The summed E-state index contributed by atoms with van der Waals surface area (Å²) in [5.74, 6) is -0.448. The molecule has 0 amide bonds. The topological polar surface area (TPSA) is 160 Å². The molecule has 1 saturated heterocycles. The van der Waals surface area contributed by atoms with Crippen LogP contribution in [0.3, 0.4) is 0 Å². The second-order valence-electron chi connectivity index (χ2n) is 5.49. The van der Waals surface area contributed by atoms with Crippen molar-refractivity contribution in [2.24, 2.45) is 0 Å². The molecule has 0 radical (unpaired) electrons. The van der Waals surface area contributed by atoms with Crippen LogP contribution in [-0.2, 0) is 30.8 Å². The number of ether oxygens (including phenoxy) is 1. The first-order valence-corrected chi connectivity index (χ1v) is 10.5. The highest BCUT2D eigenvalue weighted by atomic mass is 35.5. The van der Waals surface area contributed by atoms with E-state index in [0.29, 0.717) is 0 Å². The molecule has 0 spiro atoms. The van der Waals surface area contributed by atoms with Crippen molar-refractivity contribution in [3.05, 3.63) is 17.2 Å². The number of halogens is 1. The quantitative estimate of drug-likeness (QED) is 0.232. The highest BCUT2D eigenvalue weighted by Gasteiger charge is 2.33. The van der Waals surface area contributed by atoms with Crippen LogP contribution >= 0.6 is 11.6 Å². The summed E-state index contributed by atoms with van der Waals surface area (Å²) in [6, 6.07) is 1.09. The van der Waals surface area contributed by atoms with E-state index < -0.39 is 39.3 Å². The minimum absolute atomic E-state index is 0.0151. The molecule has 146 valence electrons. The third-order valence-electron chi connectivity index (χ3n) is 3.61. The van der Waals surface area contributed by atoms with Gasteiger partial charge < -0.3 is 15.8 Å². The summed E-state index contributed by atoms with van der Waals surface area (Å²) in [4.78, 5) is 11.4. The Balaban J connectivity index is 2.18. The van der Waals surface area contributed by atoms with Crippen molar-refractivity contribution in [1.82, 2.24) is 10.0 Å². The van der Waals surface area contributed by atoms with E-state index in [-0.39, 0.29) is 40.9 Å². The number of carbonyl (C=O) groups excluding carboxylic acids is 1. The standard InChI is InChI=1S/C13H19ClN4O6S2/c1-2-24-13(19)11-3-7(6-16-11)18-26(22,23)12-5-10(17-25(20)21)9(15)4-8(12)14/h4-5,7,11,16-18H,2-3,6,15H2,1H3,(H,20,21)/t7-,11?/m0/s1. The zero-order chi connectivity index (χ0) is 19.5. The van der Waals surface area contributed by atoms with E-state index >= 15 is 0 Å². The molecule has 0 saturated carbocycles. The number of nitrogen functional groups attached to an aromatic ring is 1. The molecule has 6 N–H and O–H groups in total. The van der Waals surface area contributed by atoms with E-state index in [0.717, 1.165) is 6.07 Å². The van der Waals surface area contributed by atoms with E-state index in [2.05, 4.69) is 14.8 Å². The third-order valence-corrected chi connectivity index (χ3v) is 5.99. The van der Waals surface area contributed by atoms with E-state index in [1.807, 2.05) is 0 Å².